The SMILES string of the molecule is CCC(=O)CC1NCCCC1OC(=O)C(C)C. The fraction of sp³-hybridized carbons (Fsp3) is 0.846. The van der Waals surface area contributed by atoms with Crippen LogP contribution in [-0.4, -0.2) is 30.4 Å². The molecule has 0 aromatic rings. The predicted octanol–water partition coefficient (Wildman–Crippen LogP) is 1.68. The molecule has 1 heterocycles. The van der Waals surface area contributed by atoms with Crippen LogP contribution in [0.4, 0.5) is 0 Å². The third-order valence-corrected chi connectivity index (χ3v) is 3.10. The number of carbonyl (C=O) groups is 2. The monoisotopic (exact) mass is 241 g/mol. The van der Waals surface area contributed by atoms with Gasteiger partial charge in [0.15, 0.2) is 0 Å². The molecule has 1 aliphatic rings. The molecule has 2 unspecified atom stereocenters. The summed E-state index contributed by atoms with van der Waals surface area (Å²) in [6.45, 7) is 6.41. The molecule has 4 nitrogen and oxygen atoms in total. The summed E-state index contributed by atoms with van der Waals surface area (Å²) in [5.74, 6) is -0.0675. The third kappa shape index (κ3) is 4.46. The van der Waals surface area contributed by atoms with E-state index in [9.17, 15) is 9.59 Å². The van der Waals surface area contributed by atoms with Gasteiger partial charge >= 0.3 is 5.97 Å². The predicted molar refractivity (Wildman–Crippen MR) is 65.7 cm³/mol. The van der Waals surface area contributed by atoms with Gasteiger partial charge in [-0.05, 0) is 19.4 Å². The Kier molecular flexibility index (Phi) is 5.62. The molecule has 1 rings (SSSR count). The standard InChI is InChI=1S/C13H23NO3/c1-4-10(15)8-11-12(6-5-7-14-11)17-13(16)9(2)3/h9,11-12,14H,4-8H2,1-3H3. The van der Waals surface area contributed by atoms with Crippen molar-refractivity contribution >= 4 is 11.8 Å². The summed E-state index contributed by atoms with van der Waals surface area (Å²) in [7, 11) is 0. The Balaban J connectivity index is 2.53. The first-order chi connectivity index (χ1) is 8.04. The van der Waals surface area contributed by atoms with Crippen molar-refractivity contribution in [3.63, 3.8) is 0 Å². The molecule has 0 aliphatic carbocycles. The van der Waals surface area contributed by atoms with Gasteiger partial charge in [0.2, 0.25) is 0 Å². The van der Waals surface area contributed by atoms with Gasteiger partial charge in [0.25, 0.3) is 0 Å². The number of hydrogen-bond donors (Lipinski definition) is 1. The molecule has 0 bridgehead atoms. The van der Waals surface area contributed by atoms with Gasteiger partial charge < -0.3 is 10.1 Å². The first-order valence-corrected chi connectivity index (χ1v) is 6.50. The van der Waals surface area contributed by atoms with Crippen molar-refractivity contribution < 1.29 is 14.3 Å². The Morgan fingerprint density at radius 1 is 1.41 bits per heavy atom. The molecule has 1 aliphatic heterocycles. The van der Waals surface area contributed by atoms with Gasteiger partial charge in [0, 0.05) is 12.8 Å². The maximum absolute atomic E-state index is 11.6. The van der Waals surface area contributed by atoms with E-state index in [-0.39, 0.29) is 29.8 Å². The van der Waals surface area contributed by atoms with Crippen LogP contribution in [0.5, 0.6) is 0 Å². The van der Waals surface area contributed by atoms with Crippen LogP contribution in [0, 0.1) is 5.92 Å². The van der Waals surface area contributed by atoms with Crippen molar-refractivity contribution in [2.24, 2.45) is 5.92 Å². The van der Waals surface area contributed by atoms with E-state index in [1.54, 1.807) is 0 Å². The highest BCUT2D eigenvalue weighted by molar-refractivity contribution is 5.79. The first kappa shape index (κ1) is 14.2. The van der Waals surface area contributed by atoms with Gasteiger partial charge in [-0.3, -0.25) is 9.59 Å². The molecule has 0 aromatic heterocycles. The molecule has 0 radical (unpaired) electrons. The Morgan fingerprint density at radius 2 is 2.12 bits per heavy atom. The maximum atomic E-state index is 11.6. The zero-order valence-corrected chi connectivity index (χ0v) is 11.0. The maximum Gasteiger partial charge on any atom is 0.308 e. The summed E-state index contributed by atoms with van der Waals surface area (Å²) in [5.41, 5.74) is 0. The number of nitrogens with one attached hydrogen (secondary N) is 1. The summed E-state index contributed by atoms with van der Waals surface area (Å²) in [5, 5.41) is 3.28. The fourth-order valence-electron chi connectivity index (χ4n) is 1.94. The van der Waals surface area contributed by atoms with Gasteiger partial charge in [-0.1, -0.05) is 20.8 Å². The fourth-order valence-corrected chi connectivity index (χ4v) is 1.94. The van der Waals surface area contributed by atoms with E-state index in [2.05, 4.69) is 5.32 Å². The molecule has 0 saturated carbocycles. The Morgan fingerprint density at radius 3 is 2.71 bits per heavy atom. The summed E-state index contributed by atoms with van der Waals surface area (Å²) in [4.78, 5) is 23.0. The summed E-state index contributed by atoms with van der Waals surface area (Å²) in [6, 6.07) is -0.00102. The molecule has 1 fully saturated rings. The number of ether oxygens (including phenoxy) is 1. The second-order valence-electron chi connectivity index (χ2n) is 4.93. The van der Waals surface area contributed by atoms with Crippen LogP contribution in [0.15, 0.2) is 0 Å². The smallest absolute Gasteiger partial charge is 0.308 e. The first-order valence-electron chi connectivity index (χ1n) is 6.50. The molecule has 0 aromatic carbocycles. The lowest BCUT2D eigenvalue weighted by Gasteiger charge is -2.32. The van der Waals surface area contributed by atoms with Gasteiger partial charge in [-0.25, -0.2) is 0 Å². The number of ketones is 1. The average molecular weight is 241 g/mol. The van der Waals surface area contributed by atoms with Gasteiger partial charge in [0.05, 0.1) is 12.0 Å². The molecule has 1 saturated heterocycles. The molecular formula is C13H23NO3. The van der Waals surface area contributed by atoms with Crippen LogP contribution in [-0.2, 0) is 14.3 Å². The van der Waals surface area contributed by atoms with Gasteiger partial charge in [0.1, 0.15) is 11.9 Å². The summed E-state index contributed by atoms with van der Waals surface area (Å²) in [6.07, 6.45) is 2.71. The van der Waals surface area contributed by atoms with Crippen LogP contribution in [0.1, 0.15) is 46.5 Å². The minimum Gasteiger partial charge on any atom is -0.460 e. The number of carbonyl (C=O) groups excluding carboxylic acids is 2. The Labute approximate surface area is 103 Å². The van der Waals surface area contributed by atoms with Crippen molar-refractivity contribution in [1.82, 2.24) is 5.32 Å². The number of hydrogen-bond acceptors (Lipinski definition) is 4. The van der Waals surface area contributed by atoms with E-state index in [0.29, 0.717) is 12.8 Å². The Hall–Kier alpha value is -0.900. The molecule has 0 spiro atoms. The van der Waals surface area contributed by atoms with Gasteiger partial charge in [-0.15, -0.1) is 0 Å². The van der Waals surface area contributed by atoms with Crippen molar-refractivity contribution in [3.05, 3.63) is 0 Å². The van der Waals surface area contributed by atoms with E-state index in [0.717, 1.165) is 19.4 Å². The average Bonchev–Trinajstić information content (AvgIpc) is 2.31. The quantitative estimate of drug-likeness (QED) is 0.744. The number of esters is 1. The molecule has 1 N–H and O–H groups in total. The molecule has 17 heavy (non-hydrogen) atoms. The number of piperidine rings is 1. The minimum atomic E-state index is -0.173. The van der Waals surface area contributed by atoms with Crippen LogP contribution < -0.4 is 5.32 Å². The van der Waals surface area contributed by atoms with Crippen LogP contribution in [0.3, 0.4) is 0 Å². The van der Waals surface area contributed by atoms with E-state index >= 15 is 0 Å². The zero-order chi connectivity index (χ0) is 12.8. The molecular weight excluding hydrogens is 218 g/mol. The minimum absolute atomic E-state index is 0.00102. The largest absolute Gasteiger partial charge is 0.460 e. The molecule has 98 valence electrons. The van der Waals surface area contributed by atoms with Gasteiger partial charge in [-0.2, -0.15) is 0 Å². The highest BCUT2D eigenvalue weighted by Gasteiger charge is 2.29. The van der Waals surface area contributed by atoms with Crippen molar-refractivity contribution in [2.45, 2.75) is 58.6 Å². The van der Waals surface area contributed by atoms with E-state index in [1.165, 1.54) is 0 Å². The van der Waals surface area contributed by atoms with E-state index in [4.69, 9.17) is 4.74 Å². The Bertz CT molecular complexity index is 276. The van der Waals surface area contributed by atoms with Crippen molar-refractivity contribution in [3.8, 4) is 0 Å². The highest BCUT2D eigenvalue weighted by atomic mass is 16.5. The summed E-state index contributed by atoms with van der Waals surface area (Å²) < 4.78 is 5.46. The van der Waals surface area contributed by atoms with E-state index < -0.39 is 0 Å². The molecule has 4 heteroatoms. The normalized spacial score (nSPS) is 24.7. The second kappa shape index (κ2) is 6.74. The number of rotatable bonds is 5. The number of Topliss-reactive ketones (excluding diaryl/α,β-unsaturated/α-hetero) is 1. The summed E-state index contributed by atoms with van der Waals surface area (Å²) >= 11 is 0. The van der Waals surface area contributed by atoms with Crippen molar-refractivity contribution in [2.75, 3.05) is 6.54 Å². The molecule has 0 amide bonds. The topological polar surface area (TPSA) is 55.4 Å². The van der Waals surface area contributed by atoms with E-state index in [1.807, 2.05) is 20.8 Å². The lowest BCUT2D eigenvalue weighted by atomic mass is 9.96. The second-order valence-corrected chi connectivity index (χ2v) is 4.93. The zero-order valence-electron chi connectivity index (χ0n) is 11.0. The van der Waals surface area contributed by atoms with Crippen LogP contribution in [0.2, 0.25) is 0 Å². The molecule has 2 atom stereocenters. The lowest BCUT2D eigenvalue weighted by Crippen LogP contribution is -2.48. The lowest BCUT2D eigenvalue weighted by molar-refractivity contribution is -0.156. The van der Waals surface area contributed by atoms with Crippen LogP contribution in [0.25, 0.3) is 0 Å². The highest BCUT2D eigenvalue weighted by Crippen LogP contribution is 2.17. The van der Waals surface area contributed by atoms with Crippen molar-refractivity contribution in [1.29, 1.82) is 0 Å². The third-order valence-electron chi connectivity index (χ3n) is 3.10. The van der Waals surface area contributed by atoms with Crippen LogP contribution >= 0.6 is 0 Å².